The van der Waals surface area contributed by atoms with E-state index in [0.717, 1.165) is 0 Å². The molecule has 15 heavy (non-hydrogen) atoms. The molecule has 0 amide bonds. The Labute approximate surface area is 98.4 Å². The van der Waals surface area contributed by atoms with Gasteiger partial charge in [0, 0.05) is 6.20 Å². The number of carbonyl (C=O) groups is 1. The topological polar surface area (TPSA) is 39.2 Å². The Hall–Kier alpha value is -0.800. The summed E-state index contributed by atoms with van der Waals surface area (Å²) in [7, 11) is 0. The molecule has 1 aromatic rings. The van der Waals surface area contributed by atoms with Crippen molar-refractivity contribution in [3.8, 4) is 0 Å². The maximum atomic E-state index is 11.6. The Morgan fingerprint density at radius 2 is 2.00 bits per heavy atom. The SMILES string of the molecule is CC(C)(C)OC(=O)c1cc(Cl)cnc1Cl. The normalized spacial score (nSPS) is 11.3. The predicted octanol–water partition coefficient (Wildman–Crippen LogP) is 3.34. The molecule has 0 N–H and O–H groups in total. The van der Waals surface area contributed by atoms with Crippen LogP contribution < -0.4 is 0 Å². The number of carbonyl (C=O) groups excluding carboxylic acids is 1. The summed E-state index contributed by atoms with van der Waals surface area (Å²) in [5.74, 6) is -0.525. The van der Waals surface area contributed by atoms with E-state index in [0.29, 0.717) is 5.02 Å². The third kappa shape index (κ3) is 3.68. The van der Waals surface area contributed by atoms with Gasteiger partial charge in [-0.15, -0.1) is 0 Å². The van der Waals surface area contributed by atoms with Crippen LogP contribution in [0.3, 0.4) is 0 Å². The van der Waals surface area contributed by atoms with Gasteiger partial charge >= 0.3 is 5.97 Å². The van der Waals surface area contributed by atoms with Crippen molar-refractivity contribution >= 4 is 29.2 Å². The van der Waals surface area contributed by atoms with Gasteiger partial charge in [-0.05, 0) is 26.8 Å². The van der Waals surface area contributed by atoms with Gasteiger partial charge in [-0.1, -0.05) is 23.2 Å². The van der Waals surface area contributed by atoms with Gasteiger partial charge in [0.15, 0.2) is 0 Å². The van der Waals surface area contributed by atoms with E-state index in [1.165, 1.54) is 12.3 Å². The van der Waals surface area contributed by atoms with Crippen molar-refractivity contribution in [1.29, 1.82) is 0 Å². The minimum atomic E-state index is -0.567. The number of ether oxygens (including phenoxy) is 1. The zero-order valence-corrected chi connectivity index (χ0v) is 10.2. The molecule has 0 aliphatic rings. The highest BCUT2D eigenvalue weighted by atomic mass is 35.5. The lowest BCUT2D eigenvalue weighted by atomic mass is 10.2. The number of aromatic nitrogens is 1. The van der Waals surface area contributed by atoms with Crippen LogP contribution in [0, 0.1) is 0 Å². The highest BCUT2D eigenvalue weighted by Crippen LogP contribution is 2.20. The molecule has 82 valence electrons. The van der Waals surface area contributed by atoms with E-state index < -0.39 is 11.6 Å². The van der Waals surface area contributed by atoms with Crippen LogP contribution in [-0.4, -0.2) is 16.6 Å². The lowest BCUT2D eigenvalue weighted by Crippen LogP contribution is -2.24. The quantitative estimate of drug-likeness (QED) is 0.565. The van der Waals surface area contributed by atoms with Gasteiger partial charge < -0.3 is 4.74 Å². The van der Waals surface area contributed by atoms with Crippen molar-refractivity contribution in [2.24, 2.45) is 0 Å². The molecule has 0 saturated heterocycles. The molecule has 0 radical (unpaired) electrons. The summed E-state index contributed by atoms with van der Waals surface area (Å²) < 4.78 is 5.14. The predicted molar refractivity (Wildman–Crippen MR) is 59.4 cm³/mol. The summed E-state index contributed by atoms with van der Waals surface area (Å²) in [6, 6.07) is 1.44. The summed E-state index contributed by atoms with van der Waals surface area (Å²) in [5, 5.41) is 0.439. The van der Waals surface area contributed by atoms with E-state index in [4.69, 9.17) is 27.9 Å². The number of halogens is 2. The lowest BCUT2D eigenvalue weighted by molar-refractivity contribution is 0.00693. The average Bonchev–Trinajstić information content (AvgIpc) is 2.06. The molecule has 1 heterocycles. The molecule has 0 unspecified atom stereocenters. The number of rotatable bonds is 1. The van der Waals surface area contributed by atoms with E-state index >= 15 is 0 Å². The lowest BCUT2D eigenvalue weighted by Gasteiger charge is -2.19. The van der Waals surface area contributed by atoms with Crippen molar-refractivity contribution in [3.05, 3.63) is 28.0 Å². The van der Waals surface area contributed by atoms with Crippen LogP contribution in [0.15, 0.2) is 12.3 Å². The second kappa shape index (κ2) is 4.37. The van der Waals surface area contributed by atoms with Crippen LogP contribution in [0.5, 0.6) is 0 Å². The minimum absolute atomic E-state index is 0.0913. The fraction of sp³-hybridized carbons (Fsp3) is 0.400. The van der Waals surface area contributed by atoms with Crippen LogP contribution in [0.25, 0.3) is 0 Å². The molecule has 0 aliphatic carbocycles. The third-order valence-electron chi connectivity index (χ3n) is 1.42. The number of nitrogens with zero attached hydrogens (tertiary/aromatic N) is 1. The van der Waals surface area contributed by atoms with Crippen LogP contribution in [-0.2, 0) is 4.74 Å². The molecule has 0 fully saturated rings. The number of esters is 1. The monoisotopic (exact) mass is 247 g/mol. The third-order valence-corrected chi connectivity index (χ3v) is 1.93. The van der Waals surface area contributed by atoms with Gasteiger partial charge in [0.2, 0.25) is 0 Å². The van der Waals surface area contributed by atoms with Crippen molar-refractivity contribution in [3.63, 3.8) is 0 Å². The van der Waals surface area contributed by atoms with E-state index in [1.54, 1.807) is 20.8 Å². The second-order valence-electron chi connectivity index (χ2n) is 3.99. The van der Waals surface area contributed by atoms with Crippen molar-refractivity contribution < 1.29 is 9.53 Å². The molecule has 0 spiro atoms. The Kier molecular flexibility index (Phi) is 3.58. The van der Waals surface area contributed by atoms with Crippen LogP contribution in [0.1, 0.15) is 31.1 Å². The first-order valence-electron chi connectivity index (χ1n) is 4.34. The first-order chi connectivity index (χ1) is 6.79. The molecule has 0 aliphatic heterocycles. The summed E-state index contributed by atoms with van der Waals surface area (Å²) in [6.07, 6.45) is 1.37. The van der Waals surface area contributed by atoms with Crippen molar-refractivity contribution in [1.82, 2.24) is 4.98 Å². The fourth-order valence-electron chi connectivity index (χ4n) is 0.899. The first kappa shape index (κ1) is 12.3. The Morgan fingerprint density at radius 3 is 2.53 bits per heavy atom. The second-order valence-corrected chi connectivity index (χ2v) is 4.79. The zero-order valence-electron chi connectivity index (χ0n) is 8.67. The Balaban J connectivity index is 2.96. The van der Waals surface area contributed by atoms with Gasteiger partial charge in [0.1, 0.15) is 10.8 Å². The molecular weight excluding hydrogens is 237 g/mol. The van der Waals surface area contributed by atoms with Gasteiger partial charge in [0.25, 0.3) is 0 Å². The van der Waals surface area contributed by atoms with Crippen molar-refractivity contribution in [2.45, 2.75) is 26.4 Å². The zero-order chi connectivity index (χ0) is 11.6. The number of hydrogen-bond donors (Lipinski definition) is 0. The highest BCUT2D eigenvalue weighted by molar-refractivity contribution is 6.34. The first-order valence-corrected chi connectivity index (χ1v) is 5.09. The molecule has 1 aromatic heterocycles. The molecule has 3 nitrogen and oxygen atoms in total. The Bertz CT molecular complexity index is 385. The summed E-state index contributed by atoms with van der Waals surface area (Å²) in [6.45, 7) is 5.32. The van der Waals surface area contributed by atoms with Gasteiger partial charge in [0.05, 0.1) is 10.6 Å². The van der Waals surface area contributed by atoms with E-state index in [-0.39, 0.29) is 10.7 Å². The number of hydrogen-bond acceptors (Lipinski definition) is 3. The molecule has 0 atom stereocenters. The average molecular weight is 248 g/mol. The molecule has 5 heteroatoms. The summed E-state index contributed by atoms with van der Waals surface area (Å²) >= 11 is 11.5. The Morgan fingerprint density at radius 1 is 1.40 bits per heavy atom. The fourth-order valence-corrected chi connectivity index (χ4v) is 1.24. The maximum absolute atomic E-state index is 11.6. The highest BCUT2D eigenvalue weighted by Gasteiger charge is 2.20. The smallest absolute Gasteiger partial charge is 0.341 e. The minimum Gasteiger partial charge on any atom is -0.456 e. The number of pyridine rings is 1. The van der Waals surface area contributed by atoms with Crippen molar-refractivity contribution in [2.75, 3.05) is 0 Å². The molecule has 0 aromatic carbocycles. The molecule has 0 saturated carbocycles. The van der Waals surface area contributed by atoms with Crippen LogP contribution >= 0.6 is 23.2 Å². The molecular formula is C10H11Cl2NO2. The van der Waals surface area contributed by atoms with E-state index in [9.17, 15) is 4.79 Å². The van der Waals surface area contributed by atoms with Crippen LogP contribution in [0.4, 0.5) is 0 Å². The summed E-state index contributed by atoms with van der Waals surface area (Å²) in [5.41, 5.74) is -0.387. The largest absolute Gasteiger partial charge is 0.456 e. The van der Waals surface area contributed by atoms with E-state index in [1.807, 2.05) is 0 Å². The van der Waals surface area contributed by atoms with E-state index in [2.05, 4.69) is 4.98 Å². The molecule has 0 bridgehead atoms. The standard InChI is InChI=1S/C10H11Cl2NO2/c1-10(2,3)15-9(14)7-4-6(11)5-13-8(7)12/h4-5H,1-3H3. The summed E-state index contributed by atoms with van der Waals surface area (Å²) in [4.78, 5) is 15.4. The van der Waals surface area contributed by atoms with Gasteiger partial charge in [-0.25, -0.2) is 9.78 Å². The molecule has 1 rings (SSSR count). The maximum Gasteiger partial charge on any atom is 0.341 e. The van der Waals surface area contributed by atoms with Crippen LogP contribution in [0.2, 0.25) is 10.2 Å². The van der Waals surface area contributed by atoms with Gasteiger partial charge in [-0.3, -0.25) is 0 Å². The van der Waals surface area contributed by atoms with Gasteiger partial charge in [-0.2, -0.15) is 0 Å².